The van der Waals surface area contributed by atoms with Crippen LogP contribution in [0.15, 0.2) is 108 Å². The van der Waals surface area contributed by atoms with Crippen LogP contribution in [0.1, 0.15) is 40.6 Å². The molecule has 4 aromatic rings. The van der Waals surface area contributed by atoms with Crippen molar-refractivity contribution >= 4 is 39.9 Å². The van der Waals surface area contributed by atoms with Gasteiger partial charge in [-0.25, -0.2) is 0 Å². The van der Waals surface area contributed by atoms with Crippen molar-refractivity contribution in [3.63, 3.8) is 0 Å². The number of allylic oxidation sites excluding steroid dienone is 2. The van der Waals surface area contributed by atoms with Gasteiger partial charge in [0.05, 0.1) is 0 Å². The van der Waals surface area contributed by atoms with Gasteiger partial charge in [0.1, 0.15) is 0 Å². The summed E-state index contributed by atoms with van der Waals surface area (Å²) >= 11 is -0.901. The molecule has 0 saturated carbocycles. The Balaban J connectivity index is 1.36. The molecule has 0 heterocycles. The van der Waals surface area contributed by atoms with Crippen molar-refractivity contribution in [2.45, 2.75) is 21.1 Å². The molecule has 4 aromatic carbocycles. The van der Waals surface area contributed by atoms with E-state index < -0.39 is 23.2 Å². The molecule has 0 spiro atoms. The first-order valence-electron chi connectivity index (χ1n) is 12.2. The average Bonchev–Trinajstić information content (AvgIpc) is 3.40. The molecule has 0 radical (unpaired) electrons. The summed E-state index contributed by atoms with van der Waals surface area (Å²) < 4.78 is 1.27. The fourth-order valence-corrected chi connectivity index (χ4v) is 14.1. The van der Waals surface area contributed by atoms with Crippen LogP contribution in [-0.4, -0.2) is 0 Å². The predicted octanol–water partition coefficient (Wildman–Crippen LogP) is 7.89. The van der Waals surface area contributed by atoms with Crippen LogP contribution in [0.3, 0.4) is 0 Å². The van der Waals surface area contributed by atoms with E-state index in [1.54, 1.807) is 21.8 Å². The molecule has 0 bridgehead atoms. The number of benzene rings is 4. The Morgan fingerprint density at radius 2 is 0.914 bits per heavy atom. The zero-order chi connectivity index (χ0) is 23.8. The fourth-order valence-electron chi connectivity index (χ4n) is 5.13. The Labute approximate surface area is 224 Å². The molecule has 35 heavy (non-hydrogen) atoms. The molecule has 2 aliphatic carbocycles. The molecular weight excluding hydrogens is 538 g/mol. The van der Waals surface area contributed by atoms with Gasteiger partial charge in [0.2, 0.25) is 0 Å². The van der Waals surface area contributed by atoms with E-state index in [0.717, 1.165) is 17.2 Å². The predicted molar refractivity (Wildman–Crippen MR) is 153 cm³/mol. The molecular formula is C32H28P2Zr. The second kappa shape index (κ2) is 10.2. The monoisotopic (exact) mass is 564 g/mol. The van der Waals surface area contributed by atoms with E-state index in [2.05, 4.69) is 123 Å². The summed E-state index contributed by atoms with van der Waals surface area (Å²) in [6.07, 6.45) is 5.05. The Morgan fingerprint density at radius 1 is 0.514 bits per heavy atom. The van der Waals surface area contributed by atoms with Crippen molar-refractivity contribution in [2.75, 3.05) is 0 Å². The minimum atomic E-state index is -0.901. The van der Waals surface area contributed by atoms with E-state index in [9.17, 15) is 0 Å². The van der Waals surface area contributed by atoms with Crippen molar-refractivity contribution in [2.24, 2.45) is 0 Å². The van der Waals surface area contributed by atoms with Crippen molar-refractivity contribution in [1.29, 1.82) is 0 Å². The molecule has 0 amide bonds. The third-order valence-corrected chi connectivity index (χ3v) is 16.3. The Bertz CT molecular complexity index is 1350. The minimum absolute atomic E-state index is 0.633. The van der Waals surface area contributed by atoms with Crippen LogP contribution in [-0.2, 0) is 23.2 Å². The van der Waals surface area contributed by atoms with Crippen LogP contribution < -0.4 is 10.6 Å². The topological polar surface area (TPSA) is 0 Å². The van der Waals surface area contributed by atoms with E-state index in [1.165, 1.54) is 32.9 Å². The Hall–Kier alpha value is -1.90. The summed E-state index contributed by atoms with van der Waals surface area (Å²) in [5.74, 6) is 0. The summed E-state index contributed by atoms with van der Waals surface area (Å²) in [5, 5.41) is 6.32. The zero-order valence-electron chi connectivity index (χ0n) is 20.0. The van der Waals surface area contributed by atoms with Gasteiger partial charge in [0, 0.05) is 0 Å². The third-order valence-electron chi connectivity index (χ3n) is 7.04. The van der Waals surface area contributed by atoms with Crippen molar-refractivity contribution in [1.82, 2.24) is 0 Å². The second-order valence-corrected chi connectivity index (χ2v) is 15.8. The van der Waals surface area contributed by atoms with Crippen LogP contribution in [0.25, 0.3) is 12.2 Å². The standard InChI is InChI=1S/2C16H14P.Zr/c2*1-12-6-2-5-9-16(12)17-15-10-13-7-3-4-8-14(13)11-15;/h2*2-11,17H,1H3;. The SMILES string of the molecule is Cc1ccccc1PC1=Cc2ccccc2[CH]1[Zr][CH]1C(Pc2ccccc2C)=Cc2ccccc21. The molecule has 4 unspecified atom stereocenters. The van der Waals surface area contributed by atoms with Crippen LogP contribution in [0, 0.1) is 13.8 Å². The second-order valence-electron chi connectivity index (χ2n) is 9.37. The van der Waals surface area contributed by atoms with Gasteiger partial charge in [-0.1, -0.05) is 0 Å². The molecule has 0 aliphatic heterocycles. The van der Waals surface area contributed by atoms with Crippen LogP contribution >= 0.6 is 17.2 Å². The molecule has 0 N–H and O–H groups in total. The first-order chi connectivity index (χ1) is 17.2. The third kappa shape index (κ3) is 4.77. The van der Waals surface area contributed by atoms with Gasteiger partial charge in [-0.05, 0) is 0 Å². The van der Waals surface area contributed by atoms with Crippen LogP contribution in [0.5, 0.6) is 0 Å². The summed E-state index contributed by atoms with van der Waals surface area (Å²) in [4.78, 5) is 0. The van der Waals surface area contributed by atoms with Crippen LogP contribution in [0.4, 0.5) is 0 Å². The first kappa shape index (κ1) is 23.5. The van der Waals surface area contributed by atoms with Gasteiger partial charge in [-0.2, -0.15) is 0 Å². The number of fused-ring (bicyclic) bond motifs is 2. The number of aryl methyl sites for hydroxylation is 2. The van der Waals surface area contributed by atoms with E-state index in [4.69, 9.17) is 0 Å². The van der Waals surface area contributed by atoms with Gasteiger partial charge in [-0.15, -0.1) is 0 Å². The molecule has 0 aromatic heterocycles. The molecule has 0 fully saturated rings. The van der Waals surface area contributed by atoms with Gasteiger partial charge in [0.25, 0.3) is 0 Å². The van der Waals surface area contributed by atoms with Crippen LogP contribution in [0.2, 0.25) is 0 Å². The summed E-state index contributed by atoms with van der Waals surface area (Å²) in [6.45, 7) is 4.52. The van der Waals surface area contributed by atoms with Gasteiger partial charge >= 0.3 is 225 Å². The van der Waals surface area contributed by atoms with Gasteiger partial charge in [0.15, 0.2) is 0 Å². The fraction of sp³-hybridized carbons (Fsp3) is 0.125. The molecule has 170 valence electrons. The first-order valence-corrected chi connectivity index (χ1v) is 17.0. The van der Waals surface area contributed by atoms with Crippen molar-refractivity contribution in [3.8, 4) is 0 Å². The molecule has 0 saturated heterocycles. The maximum atomic E-state index is 2.53. The molecule has 4 atom stereocenters. The zero-order valence-corrected chi connectivity index (χ0v) is 24.5. The van der Waals surface area contributed by atoms with Gasteiger partial charge < -0.3 is 0 Å². The molecule has 3 heteroatoms. The van der Waals surface area contributed by atoms with Crippen molar-refractivity contribution < 1.29 is 23.2 Å². The number of hydrogen-bond donors (Lipinski definition) is 0. The summed E-state index contributed by atoms with van der Waals surface area (Å²) in [7, 11) is 1.52. The Kier molecular flexibility index (Phi) is 6.87. The van der Waals surface area contributed by atoms with E-state index in [-0.39, 0.29) is 0 Å². The molecule has 0 nitrogen and oxygen atoms in total. The number of rotatable bonds is 6. The van der Waals surface area contributed by atoms with Gasteiger partial charge in [-0.3, -0.25) is 0 Å². The molecule has 2 aliphatic rings. The molecule has 6 rings (SSSR count). The van der Waals surface area contributed by atoms with E-state index >= 15 is 0 Å². The number of hydrogen-bond acceptors (Lipinski definition) is 0. The quantitative estimate of drug-likeness (QED) is 0.209. The Morgan fingerprint density at radius 3 is 1.37 bits per heavy atom. The van der Waals surface area contributed by atoms with E-state index in [0.29, 0.717) is 7.25 Å². The average molecular weight is 566 g/mol. The summed E-state index contributed by atoms with van der Waals surface area (Å²) in [5.41, 5.74) is 8.90. The normalized spacial score (nSPS) is 18.7. The van der Waals surface area contributed by atoms with Crippen molar-refractivity contribution in [3.05, 3.63) is 141 Å². The maximum absolute atomic E-state index is 2.53. The summed E-state index contributed by atoms with van der Waals surface area (Å²) in [6, 6.07) is 36.2. The van der Waals surface area contributed by atoms with E-state index in [1.807, 2.05) is 0 Å².